The topological polar surface area (TPSA) is 0 Å². The van der Waals surface area contributed by atoms with Crippen LogP contribution in [-0.2, 0) is 6.42 Å². The van der Waals surface area contributed by atoms with Crippen molar-refractivity contribution in [2.24, 2.45) is 11.3 Å². The van der Waals surface area contributed by atoms with Gasteiger partial charge >= 0.3 is 0 Å². The van der Waals surface area contributed by atoms with Crippen molar-refractivity contribution in [3.8, 4) is 0 Å². The monoisotopic (exact) mass is 412 g/mol. The van der Waals surface area contributed by atoms with Gasteiger partial charge in [-0.1, -0.05) is 135 Å². The van der Waals surface area contributed by atoms with Crippen molar-refractivity contribution >= 4 is 0 Å². The maximum absolute atomic E-state index is 2.68. The summed E-state index contributed by atoms with van der Waals surface area (Å²) in [5, 5.41) is 0. The molecule has 1 aromatic rings. The summed E-state index contributed by atoms with van der Waals surface area (Å²) in [4.78, 5) is 0. The number of hydrogen-bond acceptors (Lipinski definition) is 0. The number of benzene rings is 1. The van der Waals surface area contributed by atoms with Crippen LogP contribution in [0.5, 0.6) is 0 Å². The first-order valence-corrected chi connectivity index (χ1v) is 13.7. The van der Waals surface area contributed by atoms with Gasteiger partial charge in [0.15, 0.2) is 0 Å². The highest BCUT2D eigenvalue weighted by Crippen LogP contribution is 2.55. The second-order valence-corrected chi connectivity index (χ2v) is 10.5. The maximum Gasteiger partial charge on any atom is -0.0102 e. The largest absolute Gasteiger partial charge is 0.0654 e. The van der Waals surface area contributed by atoms with Crippen LogP contribution in [0.15, 0.2) is 24.3 Å². The first-order chi connectivity index (χ1) is 14.7. The predicted molar refractivity (Wildman–Crippen MR) is 135 cm³/mol. The Morgan fingerprint density at radius 3 is 1.90 bits per heavy atom. The van der Waals surface area contributed by atoms with E-state index < -0.39 is 0 Å². The summed E-state index contributed by atoms with van der Waals surface area (Å²) in [7, 11) is 0. The molecule has 1 aliphatic rings. The Bertz CT molecular complexity index is 559. The molecule has 2 rings (SSSR count). The van der Waals surface area contributed by atoms with Crippen molar-refractivity contribution in [3.05, 3.63) is 35.4 Å². The highest BCUT2D eigenvalue weighted by atomic mass is 14.5. The van der Waals surface area contributed by atoms with Gasteiger partial charge in [0, 0.05) is 0 Å². The molecule has 0 aromatic heterocycles. The molecular formula is C30H52. The van der Waals surface area contributed by atoms with Gasteiger partial charge in [0.05, 0.1) is 0 Å². The minimum atomic E-state index is 0.496. The molecule has 0 heteroatoms. The normalized spacial score (nSPS) is 23.5. The first kappa shape index (κ1) is 25.5. The van der Waals surface area contributed by atoms with Gasteiger partial charge in [0.25, 0.3) is 0 Å². The Labute approximate surface area is 189 Å². The summed E-state index contributed by atoms with van der Waals surface area (Å²) in [6, 6.07) is 9.51. The average Bonchev–Trinajstić information content (AvgIpc) is 2.75. The van der Waals surface area contributed by atoms with E-state index in [1.807, 2.05) is 0 Å². The lowest BCUT2D eigenvalue weighted by atomic mass is 9.55. The van der Waals surface area contributed by atoms with E-state index in [-0.39, 0.29) is 0 Å². The van der Waals surface area contributed by atoms with Crippen LogP contribution >= 0.6 is 0 Å². The van der Waals surface area contributed by atoms with Gasteiger partial charge in [0.1, 0.15) is 0 Å². The standard InChI is InChI=1S/C30H52/c1-5-8-10-12-14-16-21-27-25-26-20-18-19-22-28(26)29(30(27,4)24-7-3)23-17-15-13-11-9-6-2/h18-20,22,27,29H,5-17,21,23-25H2,1-4H3. The molecule has 0 aliphatic heterocycles. The van der Waals surface area contributed by atoms with E-state index >= 15 is 0 Å². The van der Waals surface area contributed by atoms with Gasteiger partial charge in [0.2, 0.25) is 0 Å². The van der Waals surface area contributed by atoms with Gasteiger partial charge in [-0.2, -0.15) is 0 Å². The van der Waals surface area contributed by atoms with E-state index in [2.05, 4.69) is 52.0 Å². The third-order valence-electron chi connectivity index (χ3n) is 8.17. The molecule has 0 spiro atoms. The van der Waals surface area contributed by atoms with E-state index in [9.17, 15) is 0 Å². The second-order valence-electron chi connectivity index (χ2n) is 10.5. The Morgan fingerprint density at radius 2 is 1.27 bits per heavy atom. The smallest absolute Gasteiger partial charge is 0.0102 e. The molecule has 3 atom stereocenters. The predicted octanol–water partition coefficient (Wildman–Crippen LogP) is 10.3. The number of rotatable bonds is 16. The molecule has 30 heavy (non-hydrogen) atoms. The van der Waals surface area contributed by atoms with Crippen molar-refractivity contribution < 1.29 is 0 Å². The van der Waals surface area contributed by atoms with Crippen LogP contribution in [-0.4, -0.2) is 0 Å². The van der Waals surface area contributed by atoms with Gasteiger partial charge in [-0.3, -0.25) is 0 Å². The molecule has 1 aromatic carbocycles. The minimum Gasteiger partial charge on any atom is -0.0654 e. The van der Waals surface area contributed by atoms with Gasteiger partial charge in [-0.25, -0.2) is 0 Å². The highest BCUT2D eigenvalue weighted by molar-refractivity contribution is 5.36. The van der Waals surface area contributed by atoms with Crippen molar-refractivity contribution in [1.82, 2.24) is 0 Å². The summed E-state index contributed by atoms with van der Waals surface area (Å²) in [6.07, 6.45) is 24.0. The van der Waals surface area contributed by atoms with E-state index in [0.717, 1.165) is 11.8 Å². The van der Waals surface area contributed by atoms with E-state index in [1.54, 1.807) is 11.1 Å². The number of fused-ring (bicyclic) bond motifs is 1. The summed E-state index contributed by atoms with van der Waals surface area (Å²) < 4.78 is 0. The van der Waals surface area contributed by atoms with Crippen LogP contribution in [0.25, 0.3) is 0 Å². The minimum absolute atomic E-state index is 0.496. The summed E-state index contributed by atoms with van der Waals surface area (Å²) in [5.41, 5.74) is 3.88. The fourth-order valence-electron chi connectivity index (χ4n) is 6.33. The molecule has 0 amide bonds. The molecule has 172 valence electrons. The Hall–Kier alpha value is -0.780. The molecule has 0 radical (unpaired) electrons. The average molecular weight is 413 g/mol. The molecule has 0 saturated carbocycles. The Kier molecular flexibility index (Phi) is 12.2. The Balaban J connectivity index is 2.05. The molecule has 0 bridgehead atoms. The third kappa shape index (κ3) is 7.42. The van der Waals surface area contributed by atoms with E-state index in [1.165, 1.54) is 109 Å². The maximum atomic E-state index is 2.68. The highest BCUT2D eigenvalue weighted by Gasteiger charge is 2.44. The van der Waals surface area contributed by atoms with E-state index in [4.69, 9.17) is 0 Å². The zero-order valence-electron chi connectivity index (χ0n) is 21.0. The molecular weight excluding hydrogens is 360 g/mol. The SMILES string of the molecule is CCCCCCCCC1Cc2ccccc2C(CCCCCCCC)C1(C)CCC. The van der Waals surface area contributed by atoms with Gasteiger partial charge in [-0.05, 0) is 54.1 Å². The van der Waals surface area contributed by atoms with Crippen molar-refractivity contribution in [2.45, 2.75) is 143 Å². The van der Waals surface area contributed by atoms with Crippen LogP contribution in [0, 0.1) is 11.3 Å². The zero-order chi connectivity index (χ0) is 21.7. The second kappa shape index (κ2) is 14.3. The van der Waals surface area contributed by atoms with Crippen molar-refractivity contribution in [1.29, 1.82) is 0 Å². The summed E-state index contributed by atoms with van der Waals surface area (Å²) in [5.74, 6) is 1.65. The van der Waals surface area contributed by atoms with Crippen LogP contribution < -0.4 is 0 Å². The molecule has 0 fully saturated rings. The first-order valence-electron chi connectivity index (χ1n) is 13.7. The lowest BCUT2D eigenvalue weighted by Gasteiger charge is -2.49. The van der Waals surface area contributed by atoms with Crippen molar-refractivity contribution in [3.63, 3.8) is 0 Å². The fourth-order valence-corrected chi connectivity index (χ4v) is 6.33. The third-order valence-corrected chi connectivity index (χ3v) is 8.17. The van der Waals surface area contributed by atoms with Crippen LogP contribution in [0.2, 0.25) is 0 Å². The zero-order valence-corrected chi connectivity index (χ0v) is 21.0. The molecule has 0 saturated heterocycles. The van der Waals surface area contributed by atoms with Crippen molar-refractivity contribution in [2.75, 3.05) is 0 Å². The van der Waals surface area contributed by atoms with Crippen LogP contribution in [0.3, 0.4) is 0 Å². The fraction of sp³-hybridized carbons (Fsp3) is 0.800. The number of hydrogen-bond donors (Lipinski definition) is 0. The molecule has 0 nitrogen and oxygen atoms in total. The molecule has 3 unspecified atom stereocenters. The summed E-state index contributed by atoms with van der Waals surface area (Å²) in [6.45, 7) is 9.73. The van der Waals surface area contributed by atoms with E-state index in [0.29, 0.717) is 5.41 Å². The molecule has 0 heterocycles. The lowest BCUT2D eigenvalue weighted by molar-refractivity contribution is 0.0902. The molecule has 1 aliphatic carbocycles. The Morgan fingerprint density at radius 1 is 0.700 bits per heavy atom. The lowest BCUT2D eigenvalue weighted by Crippen LogP contribution is -2.39. The van der Waals surface area contributed by atoms with Crippen LogP contribution in [0.4, 0.5) is 0 Å². The number of unbranched alkanes of at least 4 members (excludes halogenated alkanes) is 10. The summed E-state index contributed by atoms with van der Waals surface area (Å²) >= 11 is 0. The molecule has 0 N–H and O–H groups in total. The van der Waals surface area contributed by atoms with Gasteiger partial charge < -0.3 is 0 Å². The van der Waals surface area contributed by atoms with Gasteiger partial charge in [-0.15, -0.1) is 0 Å². The quantitative estimate of drug-likeness (QED) is 0.237. The van der Waals surface area contributed by atoms with Crippen LogP contribution in [0.1, 0.15) is 147 Å².